The zero-order chi connectivity index (χ0) is 18.8. The summed E-state index contributed by atoms with van der Waals surface area (Å²) in [6.45, 7) is 3.97. The van der Waals surface area contributed by atoms with Crippen molar-refractivity contribution in [3.63, 3.8) is 0 Å². The molecular weight excluding hydrogens is 326 g/mol. The normalized spacial score (nSPS) is 15.0. The molecule has 2 N–H and O–H groups in total. The van der Waals surface area contributed by atoms with Crippen molar-refractivity contribution in [3.05, 3.63) is 65.4 Å². The van der Waals surface area contributed by atoms with E-state index < -0.39 is 5.97 Å². The number of benzene rings is 1. The standard InChI is InChI=1S/C21H25N3O2/c1-16-12-13-17(2)23-21(18-8-4-3-5-9-18)19(24-22-15-14-16)10-6-7-11-20(25)26/h3-5,8-9,12-15,24H,6-7,10-11H2,1-2H3,(H,25,26). The number of aliphatic imine (C=N–C) groups is 1. The molecule has 0 saturated carbocycles. The smallest absolute Gasteiger partial charge is 0.303 e. The first kappa shape index (κ1) is 19.4. The number of rotatable bonds is 6. The Balaban J connectivity index is 2.39. The summed E-state index contributed by atoms with van der Waals surface area (Å²) in [7, 11) is 0. The van der Waals surface area contributed by atoms with Crippen LogP contribution in [0.1, 0.15) is 45.1 Å². The number of carbonyl (C=O) groups is 1. The third-order valence-corrected chi connectivity index (χ3v) is 3.89. The molecular formula is C21H25N3O2. The molecule has 0 fully saturated rings. The van der Waals surface area contributed by atoms with Crippen molar-refractivity contribution in [3.8, 4) is 0 Å². The van der Waals surface area contributed by atoms with E-state index in [4.69, 9.17) is 10.1 Å². The van der Waals surface area contributed by atoms with E-state index >= 15 is 0 Å². The van der Waals surface area contributed by atoms with Crippen LogP contribution in [0.5, 0.6) is 0 Å². The fourth-order valence-electron chi connectivity index (χ4n) is 2.50. The Labute approximate surface area is 154 Å². The summed E-state index contributed by atoms with van der Waals surface area (Å²) in [6.07, 6.45) is 9.85. The van der Waals surface area contributed by atoms with E-state index in [-0.39, 0.29) is 6.42 Å². The predicted octanol–water partition coefficient (Wildman–Crippen LogP) is 4.55. The summed E-state index contributed by atoms with van der Waals surface area (Å²) in [5.41, 5.74) is 7.81. The second-order valence-electron chi connectivity index (χ2n) is 6.18. The lowest BCUT2D eigenvalue weighted by Gasteiger charge is -2.13. The maximum absolute atomic E-state index is 10.7. The summed E-state index contributed by atoms with van der Waals surface area (Å²) in [5, 5.41) is 13.1. The number of nitrogens with one attached hydrogen (secondary N) is 1. The lowest BCUT2D eigenvalue weighted by atomic mass is 10.1. The highest BCUT2D eigenvalue weighted by atomic mass is 16.4. The third kappa shape index (κ3) is 6.51. The summed E-state index contributed by atoms with van der Waals surface area (Å²) >= 11 is 0. The molecule has 0 aromatic heterocycles. The minimum atomic E-state index is -0.768. The van der Waals surface area contributed by atoms with E-state index in [0.717, 1.165) is 34.7 Å². The van der Waals surface area contributed by atoms with Gasteiger partial charge < -0.3 is 5.11 Å². The van der Waals surface area contributed by atoms with E-state index in [9.17, 15) is 4.79 Å². The molecule has 1 aromatic carbocycles. The molecule has 0 bridgehead atoms. The number of hydrogen-bond donors (Lipinski definition) is 2. The van der Waals surface area contributed by atoms with Crippen LogP contribution in [-0.4, -0.2) is 23.0 Å². The summed E-state index contributed by atoms with van der Waals surface area (Å²) in [4.78, 5) is 15.6. The average molecular weight is 351 g/mol. The largest absolute Gasteiger partial charge is 0.481 e. The predicted molar refractivity (Wildman–Crippen MR) is 107 cm³/mol. The molecule has 5 heteroatoms. The molecule has 2 rings (SSSR count). The van der Waals surface area contributed by atoms with Crippen LogP contribution >= 0.6 is 0 Å². The maximum atomic E-state index is 10.7. The molecule has 26 heavy (non-hydrogen) atoms. The molecule has 0 amide bonds. The van der Waals surface area contributed by atoms with Crippen molar-refractivity contribution in [1.82, 2.24) is 5.43 Å². The van der Waals surface area contributed by atoms with Crippen molar-refractivity contribution in [1.29, 1.82) is 0 Å². The summed E-state index contributed by atoms with van der Waals surface area (Å²) < 4.78 is 0. The van der Waals surface area contributed by atoms with Gasteiger partial charge in [-0.2, -0.15) is 5.10 Å². The topological polar surface area (TPSA) is 74.0 Å². The van der Waals surface area contributed by atoms with Gasteiger partial charge in [0.25, 0.3) is 0 Å². The minimum Gasteiger partial charge on any atom is -0.481 e. The first-order valence-corrected chi connectivity index (χ1v) is 8.76. The van der Waals surface area contributed by atoms with Crippen LogP contribution in [0.15, 0.2) is 69.9 Å². The molecule has 0 saturated heterocycles. The fourth-order valence-corrected chi connectivity index (χ4v) is 2.50. The van der Waals surface area contributed by atoms with Crippen molar-refractivity contribution < 1.29 is 9.90 Å². The van der Waals surface area contributed by atoms with Gasteiger partial charge in [0.1, 0.15) is 0 Å². The second kappa shape index (κ2) is 10.1. The van der Waals surface area contributed by atoms with Gasteiger partial charge in [0.2, 0.25) is 0 Å². The highest BCUT2D eigenvalue weighted by molar-refractivity contribution is 5.97. The minimum absolute atomic E-state index is 0.171. The van der Waals surface area contributed by atoms with Crippen LogP contribution in [0.4, 0.5) is 0 Å². The number of allylic oxidation sites excluding steroid dienone is 5. The van der Waals surface area contributed by atoms with Crippen LogP contribution in [0.3, 0.4) is 0 Å². The zero-order valence-corrected chi connectivity index (χ0v) is 15.3. The van der Waals surface area contributed by atoms with Gasteiger partial charge in [-0.15, -0.1) is 0 Å². The molecule has 0 aliphatic carbocycles. The lowest BCUT2D eigenvalue weighted by molar-refractivity contribution is -0.137. The number of unbranched alkanes of at least 4 members (excludes halogenated alkanes) is 1. The van der Waals surface area contributed by atoms with E-state index in [1.54, 1.807) is 6.21 Å². The van der Waals surface area contributed by atoms with Crippen LogP contribution < -0.4 is 5.43 Å². The Bertz CT molecular complexity index is 772. The number of nitrogens with zero attached hydrogens (tertiary/aromatic N) is 2. The Morgan fingerprint density at radius 1 is 1.12 bits per heavy atom. The quantitative estimate of drug-likeness (QED) is 0.738. The van der Waals surface area contributed by atoms with Crippen molar-refractivity contribution in [2.75, 3.05) is 0 Å². The van der Waals surface area contributed by atoms with E-state index in [2.05, 4.69) is 10.5 Å². The van der Waals surface area contributed by atoms with Crippen molar-refractivity contribution in [2.45, 2.75) is 39.5 Å². The molecule has 0 unspecified atom stereocenters. The number of carboxylic acids is 1. The number of hydrazone groups is 1. The zero-order valence-electron chi connectivity index (χ0n) is 15.3. The SMILES string of the molecule is CC1=CC=NNC(CCCCC(=O)O)=C(c2ccccc2)N=C(C)C=C1. The highest BCUT2D eigenvalue weighted by Gasteiger charge is 2.10. The Hall–Kier alpha value is -2.95. The molecule has 1 heterocycles. The van der Waals surface area contributed by atoms with Crippen molar-refractivity contribution >= 4 is 23.6 Å². The van der Waals surface area contributed by atoms with Gasteiger partial charge in [0.05, 0.1) is 11.4 Å². The number of hydrogen-bond acceptors (Lipinski definition) is 4. The maximum Gasteiger partial charge on any atom is 0.303 e. The van der Waals surface area contributed by atoms with Crippen LogP contribution in [0.25, 0.3) is 5.70 Å². The first-order valence-electron chi connectivity index (χ1n) is 8.76. The van der Waals surface area contributed by atoms with Gasteiger partial charge in [0, 0.05) is 23.9 Å². The number of carboxylic acid groups (broad SMARTS) is 1. The van der Waals surface area contributed by atoms with Gasteiger partial charge in [-0.1, -0.05) is 36.4 Å². The molecule has 1 aliphatic heterocycles. The van der Waals surface area contributed by atoms with Gasteiger partial charge in [0.15, 0.2) is 0 Å². The van der Waals surface area contributed by atoms with E-state index in [1.165, 1.54) is 0 Å². The highest BCUT2D eigenvalue weighted by Crippen LogP contribution is 2.23. The molecule has 0 radical (unpaired) electrons. The van der Waals surface area contributed by atoms with Crippen LogP contribution in [0.2, 0.25) is 0 Å². The Kier molecular flexibility index (Phi) is 7.55. The second-order valence-corrected chi connectivity index (χ2v) is 6.18. The van der Waals surface area contributed by atoms with Crippen molar-refractivity contribution in [2.24, 2.45) is 10.1 Å². The lowest BCUT2D eigenvalue weighted by Crippen LogP contribution is -2.09. The van der Waals surface area contributed by atoms with Gasteiger partial charge in [-0.3, -0.25) is 15.2 Å². The summed E-state index contributed by atoms with van der Waals surface area (Å²) in [6, 6.07) is 9.96. The van der Waals surface area contributed by atoms with Crippen LogP contribution in [0, 0.1) is 0 Å². The Morgan fingerprint density at radius 2 is 1.88 bits per heavy atom. The summed E-state index contributed by atoms with van der Waals surface area (Å²) in [5.74, 6) is -0.768. The van der Waals surface area contributed by atoms with Gasteiger partial charge in [-0.25, -0.2) is 0 Å². The van der Waals surface area contributed by atoms with E-state index in [1.807, 2.05) is 62.4 Å². The molecule has 0 atom stereocenters. The molecule has 1 aromatic rings. The fraction of sp³-hybridized carbons (Fsp3) is 0.286. The first-order chi connectivity index (χ1) is 12.6. The van der Waals surface area contributed by atoms with Gasteiger partial charge >= 0.3 is 5.97 Å². The van der Waals surface area contributed by atoms with Crippen LogP contribution in [-0.2, 0) is 4.79 Å². The average Bonchev–Trinajstić information content (AvgIpc) is 2.66. The molecule has 0 spiro atoms. The number of aliphatic carboxylic acids is 1. The van der Waals surface area contributed by atoms with E-state index in [0.29, 0.717) is 12.8 Å². The molecule has 136 valence electrons. The Morgan fingerprint density at radius 3 is 2.62 bits per heavy atom. The monoisotopic (exact) mass is 351 g/mol. The molecule has 1 aliphatic rings. The van der Waals surface area contributed by atoms with Gasteiger partial charge in [-0.05, 0) is 50.8 Å². The third-order valence-electron chi connectivity index (χ3n) is 3.89. The molecule has 5 nitrogen and oxygen atoms in total.